The number of carbonyl (C=O) groups is 3. The van der Waals surface area contributed by atoms with E-state index in [1.165, 1.54) is 4.90 Å². The Bertz CT molecular complexity index is 1790. The van der Waals surface area contributed by atoms with Gasteiger partial charge >= 0.3 is 6.03 Å². The molecule has 7 heteroatoms. The Hall–Kier alpha value is -5.17. The van der Waals surface area contributed by atoms with Gasteiger partial charge in [0.15, 0.2) is 5.54 Å². The zero-order chi connectivity index (χ0) is 28.8. The van der Waals surface area contributed by atoms with Gasteiger partial charge in [-0.1, -0.05) is 91.0 Å². The number of aromatic amines is 1. The monoisotopic (exact) mass is 554 g/mol. The molecule has 1 atom stereocenters. The quantitative estimate of drug-likeness (QED) is 0.254. The molecule has 7 nitrogen and oxygen atoms in total. The van der Waals surface area contributed by atoms with Crippen molar-refractivity contribution >= 4 is 34.4 Å². The SMILES string of the molecule is C[C@]12C(=O)N(c3ccccc3C(=O)NCC(c3ccccc3)c3ccccc3)C(=O)N1CCc1c2[nH]c2ccccc12. The minimum Gasteiger partial charge on any atom is -0.356 e. The summed E-state index contributed by atoms with van der Waals surface area (Å²) in [6, 6.07) is 34.5. The predicted molar refractivity (Wildman–Crippen MR) is 162 cm³/mol. The molecule has 2 aliphatic heterocycles. The lowest BCUT2D eigenvalue weighted by atomic mass is 9.87. The molecule has 2 N–H and O–H groups in total. The van der Waals surface area contributed by atoms with Crippen LogP contribution >= 0.6 is 0 Å². The fraction of sp³-hybridized carbons (Fsp3) is 0.171. The molecule has 7 rings (SSSR count). The molecule has 4 amide bonds. The number of fused-ring (bicyclic) bond motifs is 5. The molecule has 0 saturated carbocycles. The van der Waals surface area contributed by atoms with Crippen LogP contribution in [0.5, 0.6) is 0 Å². The van der Waals surface area contributed by atoms with Crippen LogP contribution in [0.2, 0.25) is 0 Å². The third-order valence-corrected chi connectivity index (χ3v) is 8.73. The largest absolute Gasteiger partial charge is 0.356 e. The van der Waals surface area contributed by atoms with Crippen molar-refractivity contribution in [3.05, 3.63) is 137 Å². The maximum absolute atomic E-state index is 14.2. The molecule has 2 aliphatic rings. The molecule has 0 unspecified atom stereocenters. The highest BCUT2D eigenvalue weighted by molar-refractivity contribution is 6.25. The van der Waals surface area contributed by atoms with Gasteiger partial charge in [-0.3, -0.25) is 9.59 Å². The summed E-state index contributed by atoms with van der Waals surface area (Å²) in [4.78, 5) is 48.1. The first-order valence-corrected chi connectivity index (χ1v) is 14.2. The molecule has 0 bridgehead atoms. The van der Waals surface area contributed by atoms with E-state index in [0.29, 0.717) is 19.5 Å². The number of nitrogens with zero attached hydrogens (tertiary/aromatic N) is 2. The Morgan fingerprint density at radius 2 is 1.48 bits per heavy atom. The zero-order valence-corrected chi connectivity index (χ0v) is 23.2. The van der Waals surface area contributed by atoms with Crippen LogP contribution in [0.4, 0.5) is 10.5 Å². The van der Waals surface area contributed by atoms with E-state index >= 15 is 0 Å². The number of anilines is 1. The Labute approximate surface area is 243 Å². The van der Waals surface area contributed by atoms with Gasteiger partial charge in [0.1, 0.15) is 0 Å². The highest BCUT2D eigenvalue weighted by atomic mass is 16.2. The molecule has 0 aliphatic carbocycles. The van der Waals surface area contributed by atoms with Crippen molar-refractivity contribution in [3.63, 3.8) is 0 Å². The zero-order valence-electron chi connectivity index (χ0n) is 23.2. The van der Waals surface area contributed by atoms with E-state index in [4.69, 9.17) is 0 Å². The Morgan fingerprint density at radius 1 is 0.857 bits per heavy atom. The van der Waals surface area contributed by atoms with Crippen molar-refractivity contribution in [2.75, 3.05) is 18.0 Å². The van der Waals surface area contributed by atoms with Gasteiger partial charge in [-0.2, -0.15) is 0 Å². The van der Waals surface area contributed by atoms with E-state index in [1.54, 1.807) is 36.1 Å². The van der Waals surface area contributed by atoms with Crippen molar-refractivity contribution in [1.82, 2.24) is 15.2 Å². The second kappa shape index (κ2) is 10.0. The highest BCUT2D eigenvalue weighted by Crippen LogP contribution is 2.45. The second-order valence-electron chi connectivity index (χ2n) is 11.0. The van der Waals surface area contributed by atoms with Gasteiger partial charge < -0.3 is 15.2 Å². The Morgan fingerprint density at radius 3 is 2.19 bits per heavy atom. The summed E-state index contributed by atoms with van der Waals surface area (Å²) in [7, 11) is 0. The van der Waals surface area contributed by atoms with Gasteiger partial charge in [0.05, 0.1) is 16.9 Å². The standard InChI is InChI=1S/C35H30N4O3/c1-35-31-26(25-16-8-10-18-29(25)37-31)20-21-38(35)34(42)39(33(35)41)30-19-11-9-17-27(30)32(40)36-22-28(23-12-4-2-5-13-23)24-14-6-3-7-15-24/h2-19,28,37H,20-22H2,1H3,(H,36,40)/t35-/m0/s1. The molecule has 0 spiro atoms. The van der Waals surface area contributed by atoms with Gasteiger partial charge in [0.2, 0.25) is 0 Å². The van der Waals surface area contributed by atoms with Crippen LogP contribution in [0.3, 0.4) is 0 Å². The van der Waals surface area contributed by atoms with Crippen LogP contribution in [-0.4, -0.2) is 40.8 Å². The topological polar surface area (TPSA) is 85.5 Å². The molecule has 42 heavy (non-hydrogen) atoms. The summed E-state index contributed by atoms with van der Waals surface area (Å²) < 4.78 is 0. The van der Waals surface area contributed by atoms with E-state index in [1.807, 2.05) is 60.7 Å². The summed E-state index contributed by atoms with van der Waals surface area (Å²) in [5.74, 6) is -0.775. The normalized spacial score (nSPS) is 18.0. The van der Waals surface area contributed by atoms with Gasteiger partial charge in [-0.25, -0.2) is 9.69 Å². The van der Waals surface area contributed by atoms with Crippen LogP contribution in [0, 0.1) is 0 Å². The summed E-state index contributed by atoms with van der Waals surface area (Å²) in [5.41, 5.74) is 4.28. The van der Waals surface area contributed by atoms with E-state index in [2.05, 4.69) is 34.6 Å². The average molecular weight is 555 g/mol. The Kier molecular flexibility index (Phi) is 6.16. The van der Waals surface area contributed by atoms with Crippen LogP contribution in [-0.2, 0) is 16.8 Å². The Balaban J connectivity index is 1.21. The molecule has 3 heterocycles. The number of rotatable bonds is 6. The van der Waals surface area contributed by atoms with Crippen molar-refractivity contribution in [3.8, 4) is 0 Å². The number of carbonyl (C=O) groups excluding carboxylic acids is 3. The minimum absolute atomic E-state index is 0.0631. The number of urea groups is 1. The molecular formula is C35H30N4O3. The first kappa shape index (κ1) is 25.8. The van der Waals surface area contributed by atoms with Crippen LogP contribution in [0.25, 0.3) is 10.9 Å². The maximum Gasteiger partial charge on any atom is 0.332 e. The van der Waals surface area contributed by atoms with Crippen molar-refractivity contribution in [1.29, 1.82) is 0 Å². The fourth-order valence-electron chi connectivity index (χ4n) is 6.55. The molecule has 1 aromatic heterocycles. The molecule has 0 radical (unpaired) electrons. The molecule has 4 aromatic carbocycles. The number of aromatic nitrogens is 1. The van der Waals surface area contributed by atoms with Crippen molar-refractivity contribution in [2.24, 2.45) is 0 Å². The summed E-state index contributed by atoms with van der Waals surface area (Å²) >= 11 is 0. The average Bonchev–Trinajstić information content (AvgIpc) is 3.51. The summed E-state index contributed by atoms with van der Waals surface area (Å²) in [5, 5.41) is 4.16. The van der Waals surface area contributed by atoms with Crippen LogP contribution < -0.4 is 10.2 Å². The third-order valence-electron chi connectivity index (χ3n) is 8.73. The number of hydrogen-bond donors (Lipinski definition) is 2. The first-order chi connectivity index (χ1) is 20.5. The lowest BCUT2D eigenvalue weighted by molar-refractivity contribution is -0.125. The van der Waals surface area contributed by atoms with Gasteiger partial charge in [0, 0.05) is 29.9 Å². The smallest absolute Gasteiger partial charge is 0.332 e. The van der Waals surface area contributed by atoms with Crippen LogP contribution in [0.1, 0.15) is 45.6 Å². The third kappa shape index (κ3) is 3.92. The molecular weight excluding hydrogens is 524 g/mol. The number of hydrogen-bond acceptors (Lipinski definition) is 3. The summed E-state index contributed by atoms with van der Waals surface area (Å²) in [6.45, 7) is 2.57. The van der Waals surface area contributed by atoms with Crippen molar-refractivity contribution < 1.29 is 14.4 Å². The van der Waals surface area contributed by atoms with Gasteiger partial charge in [0.25, 0.3) is 11.8 Å². The van der Waals surface area contributed by atoms with Gasteiger partial charge in [-0.15, -0.1) is 0 Å². The van der Waals surface area contributed by atoms with E-state index in [0.717, 1.165) is 33.3 Å². The van der Waals surface area contributed by atoms with E-state index in [-0.39, 0.29) is 29.0 Å². The molecule has 5 aromatic rings. The lowest BCUT2D eigenvalue weighted by Crippen LogP contribution is -2.49. The molecule has 1 fully saturated rings. The molecule has 208 valence electrons. The first-order valence-electron chi connectivity index (χ1n) is 14.2. The number of nitrogens with one attached hydrogen (secondary N) is 2. The lowest BCUT2D eigenvalue weighted by Gasteiger charge is -2.35. The van der Waals surface area contributed by atoms with Crippen molar-refractivity contribution in [2.45, 2.75) is 24.8 Å². The number of amides is 4. The minimum atomic E-state index is -1.20. The highest BCUT2D eigenvalue weighted by Gasteiger charge is 2.59. The number of benzene rings is 4. The number of H-pyrrole nitrogens is 1. The van der Waals surface area contributed by atoms with Gasteiger partial charge in [-0.05, 0) is 48.2 Å². The number of para-hydroxylation sites is 2. The summed E-state index contributed by atoms with van der Waals surface area (Å²) in [6.07, 6.45) is 0.643. The fourth-order valence-corrected chi connectivity index (χ4v) is 6.55. The second-order valence-corrected chi connectivity index (χ2v) is 11.0. The maximum atomic E-state index is 14.2. The van der Waals surface area contributed by atoms with E-state index in [9.17, 15) is 14.4 Å². The van der Waals surface area contributed by atoms with E-state index < -0.39 is 11.6 Å². The van der Waals surface area contributed by atoms with Crippen LogP contribution in [0.15, 0.2) is 109 Å². The number of imide groups is 1. The predicted octanol–water partition coefficient (Wildman–Crippen LogP) is 5.97. The molecule has 1 saturated heterocycles.